The first-order chi connectivity index (χ1) is 9.72. The number of esters is 1. The van der Waals surface area contributed by atoms with Crippen molar-refractivity contribution < 1.29 is 9.53 Å². The Labute approximate surface area is 122 Å². The molecule has 1 aliphatic rings. The smallest absolute Gasteiger partial charge is 0.336 e. The number of carbonyl (C=O) groups excluding carboxylic acids is 1. The Morgan fingerprint density at radius 2 is 1.80 bits per heavy atom. The minimum atomic E-state index is -0.350. The van der Waals surface area contributed by atoms with Crippen LogP contribution in [0.5, 0.6) is 0 Å². The number of benzene rings is 2. The van der Waals surface area contributed by atoms with Crippen LogP contribution in [0.4, 0.5) is 0 Å². The first-order valence-electron chi connectivity index (χ1n) is 6.19. The van der Waals surface area contributed by atoms with Gasteiger partial charge in [0.1, 0.15) is 5.76 Å². The Hall–Kier alpha value is -2.32. The number of cyclic esters (lactones) is 1. The number of rotatable bonds is 2. The lowest BCUT2D eigenvalue weighted by Crippen LogP contribution is -1.91. The van der Waals surface area contributed by atoms with Gasteiger partial charge in [0, 0.05) is 16.7 Å². The van der Waals surface area contributed by atoms with Gasteiger partial charge < -0.3 is 4.74 Å². The molecule has 0 saturated heterocycles. The minimum absolute atomic E-state index is 0.350. The lowest BCUT2D eigenvalue weighted by Gasteiger charge is -2.05. The lowest BCUT2D eigenvalue weighted by atomic mass is 10.0. The summed E-state index contributed by atoms with van der Waals surface area (Å²) >= 11 is 5.96. The third-order valence-corrected chi connectivity index (χ3v) is 3.20. The van der Waals surface area contributed by atoms with Crippen molar-refractivity contribution in [1.29, 1.82) is 0 Å². The Morgan fingerprint density at radius 3 is 2.55 bits per heavy atom. The van der Waals surface area contributed by atoms with Crippen molar-refractivity contribution >= 4 is 29.2 Å². The molecule has 2 aromatic rings. The Bertz CT molecular complexity index is 715. The van der Waals surface area contributed by atoms with Gasteiger partial charge in [0.25, 0.3) is 0 Å². The van der Waals surface area contributed by atoms with Crippen LogP contribution < -0.4 is 0 Å². The molecular weight excluding hydrogens is 272 g/mol. The van der Waals surface area contributed by atoms with E-state index in [0.29, 0.717) is 10.8 Å². The summed E-state index contributed by atoms with van der Waals surface area (Å²) in [5.74, 6) is 0.195. The second-order valence-corrected chi connectivity index (χ2v) is 4.85. The van der Waals surface area contributed by atoms with Gasteiger partial charge in [-0.2, -0.15) is 0 Å². The van der Waals surface area contributed by atoms with E-state index in [1.807, 2.05) is 54.6 Å². The maximum Gasteiger partial charge on any atom is 0.336 e. The van der Waals surface area contributed by atoms with Crippen LogP contribution in [0.2, 0.25) is 5.02 Å². The van der Waals surface area contributed by atoms with Crippen LogP contribution in [0, 0.1) is 0 Å². The summed E-state index contributed by atoms with van der Waals surface area (Å²) in [5, 5.41) is 0.647. The van der Waals surface area contributed by atoms with Crippen molar-refractivity contribution in [3.05, 3.63) is 82.6 Å². The van der Waals surface area contributed by atoms with Crippen LogP contribution in [0.3, 0.4) is 0 Å². The first-order valence-corrected chi connectivity index (χ1v) is 6.57. The Kier molecular flexibility index (Phi) is 3.40. The number of halogens is 1. The van der Waals surface area contributed by atoms with E-state index in [-0.39, 0.29) is 5.97 Å². The van der Waals surface area contributed by atoms with Gasteiger partial charge in [-0.1, -0.05) is 54.1 Å². The van der Waals surface area contributed by atoms with Gasteiger partial charge >= 0.3 is 5.97 Å². The second-order valence-electron chi connectivity index (χ2n) is 4.41. The van der Waals surface area contributed by atoms with Crippen LogP contribution in [0.1, 0.15) is 11.1 Å². The number of ether oxygens (including phenoxy) is 1. The molecule has 0 saturated carbocycles. The lowest BCUT2D eigenvalue weighted by molar-refractivity contribution is -0.132. The van der Waals surface area contributed by atoms with E-state index in [1.54, 1.807) is 6.07 Å². The molecule has 0 amide bonds. The highest BCUT2D eigenvalue weighted by Crippen LogP contribution is 2.31. The van der Waals surface area contributed by atoms with Gasteiger partial charge in [-0.15, -0.1) is 0 Å². The third kappa shape index (κ3) is 2.65. The molecule has 2 nitrogen and oxygen atoms in total. The minimum Gasteiger partial charge on any atom is -0.423 e. The largest absolute Gasteiger partial charge is 0.423 e. The molecule has 0 unspecified atom stereocenters. The summed E-state index contributed by atoms with van der Waals surface area (Å²) in [7, 11) is 0. The summed E-state index contributed by atoms with van der Waals surface area (Å²) in [6, 6.07) is 17.1. The van der Waals surface area contributed by atoms with E-state index in [4.69, 9.17) is 16.3 Å². The SMILES string of the molecule is O=C1C=C(c2ccccc2)C(=Cc2cccc(Cl)c2)O1. The van der Waals surface area contributed by atoms with Crippen molar-refractivity contribution in [2.24, 2.45) is 0 Å². The molecule has 98 valence electrons. The first kappa shape index (κ1) is 12.7. The zero-order chi connectivity index (χ0) is 13.9. The molecule has 0 radical (unpaired) electrons. The highest BCUT2D eigenvalue weighted by molar-refractivity contribution is 6.30. The average molecular weight is 283 g/mol. The summed E-state index contributed by atoms with van der Waals surface area (Å²) in [4.78, 5) is 11.5. The van der Waals surface area contributed by atoms with Crippen molar-refractivity contribution in [3.63, 3.8) is 0 Å². The van der Waals surface area contributed by atoms with Crippen molar-refractivity contribution in [1.82, 2.24) is 0 Å². The third-order valence-electron chi connectivity index (χ3n) is 2.97. The maximum absolute atomic E-state index is 11.5. The molecule has 0 aromatic heterocycles. The Morgan fingerprint density at radius 1 is 1.00 bits per heavy atom. The molecule has 3 heteroatoms. The quantitative estimate of drug-likeness (QED) is 0.767. The van der Waals surface area contributed by atoms with Gasteiger partial charge in [-0.05, 0) is 29.3 Å². The summed E-state index contributed by atoms with van der Waals surface area (Å²) in [6.07, 6.45) is 3.32. The van der Waals surface area contributed by atoms with Gasteiger partial charge in [0.05, 0.1) is 0 Å². The van der Waals surface area contributed by atoms with Gasteiger partial charge in [-0.25, -0.2) is 4.79 Å². The van der Waals surface area contributed by atoms with Crippen LogP contribution >= 0.6 is 11.6 Å². The predicted octanol–water partition coefficient (Wildman–Crippen LogP) is 4.32. The standard InChI is InChI=1S/C17H11ClO2/c18-14-8-4-5-12(9-14)10-16-15(11-17(19)20-16)13-6-2-1-3-7-13/h1-11H. The molecule has 0 fully saturated rings. The topological polar surface area (TPSA) is 26.3 Å². The van der Waals surface area contributed by atoms with Crippen LogP contribution in [0.25, 0.3) is 11.6 Å². The molecule has 20 heavy (non-hydrogen) atoms. The number of allylic oxidation sites excluding steroid dienone is 1. The molecule has 3 rings (SSSR count). The van der Waals surface area contributed by atoms with Crippen molar-refractivity contribution in [3.8, 4) is 0 Å². The zero-order valence-corrected chi connectivity index (χ0v) is 11.3. The molecular formula is C17H11ClO2. The van der Waals surface area contributed by atoms with E-state index in [9.17, 15) is 4.79 Å². The monoisotopic (exact) mass is 282 g/mol. The van der Waals surface area contributed by atoms with Crippen LogP contribution in [0.15, 0.2) is 66.4 Å². The van der Waals surface area contributed by atoms with E-state index >= 15 is 0 Å². The molecule has 1 aliphatic heterocycles. The van der Waals surface area contributed by atoms with E-state index < -0.39 is 0 Å². The van der Waals surface area contributed by atoms with Crippen molar-refractivity contribution in [2.45, 2.75) is 0 Å². The second kappa shape index (κ2) is 5.35. The Balaban J connectivity index is 2.01. The highest BCUT2D eigenvalue weighted by atomic mass is 35.5. The van der Waals surface area contributed by atoms with Gasteiger partial charge in [0.2, 0.25) is 0 Å². The summed E-state index contributed by atoms with van der Waals surface area (Å²) < 4.78 is 5.26. The van der Waals surface area contributed by atoms with Gasteiger partial charge in [-0.3, -0.25) is 0 Å². The fraction of sp³-hybridized carbons (Fsp3) is 0. The number of hydrogen-bond acceptors (Lipinski definition) is 2. The molecule has 1 heterocycles. The molecule has 0 N–H and O–H groups in total. The average Bonchev–Trinajstić information content (AvgIpc) is 2.80. The number of hydrogen-bond donors (Lipinski definition) is 0. The predicted molar refractivity (Wildman–Crippen MR) is 79.9 cm³/mol. The fourth-order valence-corrected chi connectivity index (χ4v) is 2.28. The highest BCUT2D eigenvalue weighted by Gasteiger charge is 2.21. The maximum atomic E-state index is 11.5. The normalized spacial score (nSPS) is 16.1. The zero-order valence-electron chi connectivity index (χ0n) is 10.5. The molecule has 0 bridgehead atoms. The van der Waals surface area contributed by atoms with Crippen LogP contribution in [-0.2, 0) is 9.53 Å². The summed E-state index contributed by atoms with van der Waals surface area (Å²) in [6.45, 7) is 0. The number of carbonyl (C=O) groups is 1. The molecule has 0 aliphatic carbocycles. The van der Waals surface area contributed by atoms with Crippen LogP contribution in [-0.4, -0.2) is 5.97 Å². The summed E-state index contributed by atoms with van der Waals surface area (Å²) in [5.41, 5.74) is 2.63. The molecule has 0 atom stereocenters. The van der Waals surface area contributed by atoms with E-state index in [1.165, 1.54) is 6.08 Å². The van der Waals surface area contributed by atoms with E-state index in [2.05, 4.69) is 0 Å². The van der Waals surface area contributed by atoms with Crippen molar-refractivity contribution in [2.75, 3.05) is 0 Å². The molecule has 2 aromatic carbocycles. The van der Waals surface area contributed by atoms with E-state index in [0.717, 1.165) is 16.7 Å². The van der Waals surface area contributed by atoms with Gasteiger partial charge in [0.15, 0.2) is 0 Å². The molecule has 0 spiro atoms. The fourth-order valence-electron chi connectivity index (χ4n) is 2.08.